The highest BCUT2D eigenvalue weighted by Crippen LogP contribution is 2.10. The van der Waals surface area contributed by atoms with E-state index in [4.69, 9.17) is 9.66 Å². The lowest BCUT2D eigenvalue weighted by Crippen LogP contribution is -2.10. The number of aliphatic hydroxyl groups excluding tert-OH is 1. The third-order valence-electron chi connectivity index (χ3n) is 1.60. The predicted molar refractivity (Wildman–Crippen MR) is 52.4 cm³/mol. The Bertz CT molecular complexity index is 384. The number of anilines is 1. The maximum atomic E-state index is 10.4. The Hall–Kier alpha value is -1.11. The van der Waals surface area contributed by atoms with Crippen LogP contribution in [0.25, 0.3) is 0 Å². The molecule has 0 aliphatic carbocycles. The summed E-state index contributed by atoms with van der Waals surface area (Å²) in [5.41, 5.74) is 1.18. The molecule has 6 heteroatoms. The predicted octanol–water partition coefficient (Wildman–Crippen LogP) is 0.436. The van der Waals surface area contributed by atoms with Crippen LogP contribution in [-0.2, 0) is 16.7 Å². The summed E-state index contributed by atoms with van der Waals surface area (Å²) < 4.78 is 31.2. The first-order chi connectivity index (χ1) is 6.51. The average Bonchev–Trinajstić information content (AvgIpc) is 2.06. The number of rotatable bonds is 4. The van der Waals surface area contributed by atoms with Gasteiger partial charge in [-0.05, 0) is 24.1 Å². The second-order valence-electron chi connectivity index (χ2n) is 2.75. The van der Waals surface area contributed by atoms with Gasteiger partial charge in [0.05, 0.1) is 5.69 Å². The molecule has 0 saturated carbocycles. The molecule has 1 aromatic rings. The van der Waals surface area contributed by atoms with E-state index in [9.17, 15) is 8.42 Å². The van der Waals surface area contributed by atoms with Crippen LogP contribution in [-0.4, -0.2) is 24.7 Å². The third-order valence-corrected chi connectivity index (χ3v) is 2.09. The van der Waals surface area contributed by atoms with Gasteiger partial charge >= 0.3 is 10.3 Å². The van der Waals surface area contributed by atoms with Crippen LogP contribution in [0.1, 0.15) is 5.56 Å². The van der Waals surface area contributed by atoms with Crippen molar-refractivity contribution < 1.29 is 18.1 Å². The number of benzene rings is 1. The standard InChI is InChI=1S/C8H11NO4S/c10-6-5-7-1-3-8(4-2-7)9-14(11,12)13/h1-4,9-10H,5-6H2,(H,11,12,13). The molecule has 0 aliphatic rings. The largest absolute Gasteiger partial charge is 0.396 e. The fourth-order valence-electron chi connectivity index (χ4n) is 1.02. The van der Waals surface area contributed by atoms with Gasteiger partial charge in [-0.15, -0.1) is 0 Å². The molecular weight excluding hydrogens is 206 g/mol. The molecule has 5 nitrogen and oxygen atoms in total. The van der Waals surface area contributed by atoms with E-state index in [0.29, 0.717) is 6.42 Å². The summed E-state index contributed by atoms with van der Waals surface area (Å²) in [5.74, 6) is 0. The molecular formula is C8H11NO4S. The van der Waals surface area contributed by atoms with Crippen molar-refractivity contribution in [2.45, 2.75) is 6.42 Å². The second-order valence-corrected chi connectivity index (χ2v) is 3.90. The van der Waals surface area contributed by atoms with E-state index < -0.39 is 10.3 Å². The van der Waals surface area contributed by atoms with Crippen LogP contribution in [0.4, 0.5) is 5.69 Å². The molecule has 3 N–H and O–H groups in total. The highest BCUT2D eigenvalue weighted by atomic mass is 32.2. The van der Waals surface area contributed by atoms with E-state index in [-0.39, 0.29) is 12.3 Å². The molecule has 0 spiro atoms. The van der Waals surface area contributed by atoms with Crippen molar-refractivity contribution in [2.75, 3.05) is 11.3 Å². The second kappa shape index (κ2) is 4.41. The van der Waals surface area contributed by atoms with Crippen LogP contribution < -0.4 is 4.72 Å². The molecule has 78 valence electrons. The summed E-state index contributed by atoms with van der Waals surface area (Å²) in [6, 6.07) is 6.37. The van der Waals surface area contributed by atoms with Crippen molar-refractivity contribution in [2.24, 2.45) is 0 Å². The summed E-state index contributed by atoms with van der Waals surface area (Å²) in [7, 11) is -4.20. The van der Waals surface area contributed by atoms with Gasteiger partial charge in [-0.1, -0.05) is 12.1 Å². The number of hydrogen-bond donors (Lipinski definition) is 3. The first-order valence-corrected chi connectivity index (χ1v) is 5.40. The van der Waals surface area contributed by atoms with Crippen molar-refractivity contribution in [3.8, 4) is 0 Å². The molecule has 0 fully saturated rings. The lowest BCUT2D eigenvalue weighted by Gasteiger charge is -2.03. The maximum Gasteiger partial charge on any atom is 0.357 e. The van der Waals surface area contributed by atoms with Gasteiger partial charge in [0, 0.05) is 6.61 Å². The van der Waals surface area contributed by atoms with Gasteiger partial charge in [0.15, 0.2) is 0 Å². The lowest BCUT2D eigenvalue weighted by molar-refractivity contribution is 0.299. The van der Waals surface area contributed by atoms with Gasteiger partial charge < -0.3 is 5.11 Å². The minimum absolute atomic E-state index is 0.0467. The van der Waals surface area contributed by atoms with Crippen LogP contribution in [0.15, 0.2) is 24.3 Å². The summed E-state index contributed by atoms with van der Waals surface area (Å²) in [6.45, 7) is 0.0467. The molecule has 0 radical (unpaired) electrons. The van der Waals surface area contributed by atoms with Crippen LogP contribution >= 0.6 is 0 Å². The first-order valence-electron chi connectivity index (χ1n) is 3.96. The Morgan fingerprint density at radius 3 is 2.21 bits per heavy atom. The Balaban J connectivity index is 2.74. The fraction of sp³-hybridized carbons (Fsp3) is 0.250. The Morgan fingerprint density at radius 2 is 1.79 bits per heavy atom. The Labute approximate surface area is 82.3 Å². The van der Waals surface area contributed by atoms with Crippen molar-refractivity contribution in [1.82, 2.24) is 0 Å². The molecule has 1 rings (SSSR count). The molecule has 0 aliphatic heterocycles. The van der Waals surface area contributed by atoms with E-state index in [0.717, 1.165) is 5.56 Å². The minimum atomic E-state index is -4.20. The molecule has 0 unspecified atom stereocenters. The van der Waals surface area contributed by atoms with Crippen LogP contribution in [0.5, 0.6) is 0 Å². The Morgan fingerprint density at radius 1 is 1.21 bits per heavy atom. The van der Waals surface area contributed by atoms with Gasteiger partial charge in [-0.2, -0.15) is 8.42 Å². The highest BCUT2D eigenvalue weighted by molar-refractivity contribution is 7.87. The SMILES string of the molecule is O=S(=O)(O)Nc1ccc(CCO)cc1. The number of nitrogens with one attached hydrogen (secondary N) is 1. The molecule has 0 amide bonds. The van der Waals surface area contributed by atoms with Gasteiger partial charge in [-0.3, -0.25) is 9.27 Å². The topological polar surface area (TPSA) is 86.6 Å². The third kappa shape index (κ3) is 3.73. The van der Waals surface area contributed by atoms with E-state index in [2.05, 4.69) is 0 Å². The fourth-order valence-corrected chi connectivity index (χ4v) is 1.45. The molecule has 0 saturated heterocycles. The summed E-state index contributed by atoms with van der Waals surface area (Å²) in [5, 5.41) is 8.62. The Kier molecular flexibility index (Phi) is 3.45. The average molecular weight is 217 g/mol. The molecule has 0 bridgehead atoms. The zero-order valence-corrected chi connectivity index (χ0v) is 8.16. The molecule has 14 heavy (non-hydrogen) atoms. The monoisotopic (exact) mass is 217 g/mol. The minimum Gasteiger partial charge on any atom is -0.396 e. The summed E-state index contributed by atoms with van der Waals surface area (Å²) >= 11 is 0. The van der Waals surface area contributed by atoms with Crippen molar-refractivity contribution in [3.63, 3.8) is 0 Å². The number of aliphatic hydroxyl groups is 1. The van der Waals surface area contributed by atoms with Gasteiger partial charge in [-0.25, -0.2) is 0 Å². The van der Waals surface area contributed by atoms with E-state index in [1.165, 1.54) is 12.1 Å². The molecule has 0 atom stereocenters. The van der Waals surface area contributed by atoms with Crippen LogP contribution in [0.2, 0.25) is 0 Å². The van der Waals surface area contributed by atoms with E-state index in [1.54, 1.807) is 12.1 Å². The van der Waals surface area contributed by atoms with E-state index >= 15 is 0 Å². The zero-order valence-electron chi connectivity index (χ0n) is 7.34. The molecule has 0 aromatic heterocycles. The summed E-state index contributed by atoms with van der Waals surface area (Å²) in [4.78, 5) is 0. The molecule has 0 heterocycles. The smallest absolute Gasteiger partial charge is 0.357 e. The van der Waals surface area contributed by atoms with Crippen molar-refractivity contribution in [1.29, 1.82) is 0 Å². The number of hydrogen-bond acceptors (Lipinski definition) is 3. The van der Waals surface area contributed by atoms with Crippen molar-refractivity contribution >= 4 is 16.0 Å². The quantitative estimate of drug-likeness (QED) is 0.638. The van der Waals surface area contributed by atoms with Crippen LogP contribution in [0.3, 0.4) is 0 Å². The van der Waals surface area contributed by atoms with Crippen LogP contribution in [0, 0.1) is 0 Å². The van der Waals surface area contributed by atoms with Gasteiger partial charge in [0.25, 0.3) is 0 Å². The lowest BCUT2D eigenvalue weighted by atomic mass is 10.1. The maximum absolute atomic E-state index is 10.4. The van der Waals surface area contributed by atoms with E-state index in [1.807, 2.05) is 4.72 Å². The summed E-state index contributed by atoms with van der Waals surface area (Å²) in [6.07, 6.45) is 0.520. The van der Waals surface area contributed by atoms with Crippen molar-refractivity contribution in [3.05, 3.63) is 29.8 Å². The zero-order chi connectivity index (χ0) is 10.6. The van der Waals surface area contributed by atoms with Gasteiger partial charge in [0.1, 0.15) is 0 Å². The normalized spacial score (nSPS) is 11.3. The highest BCUT2D eigenvalue weighted by Gasteiger charge is 2.02. The van der Waals surface area contributed by atoms with Gasteiger partial charge in [0.2, 0.25) is 0 Å². The first kappa shape index (κ1) is 11.0. The molecule has 1 aromatic carbocycles.